The Kier molecular flexibility index (Phi) is 4.29. The molecule has 0 bridgehead atoms. The van der Waals surface area contributed by atoms with E-state index in [1.165, 1.54) is 0 Å². The molecule has 0 spiro atoms. The molecule has 2 aromatic carbocycles. The molecule has 0 atom stereocenters. The number of benzene rings is 2. The summed E-state index contributed by atoms with van der Waals surface area (Å²) in [7, 11) is 0. The molecule has 0 fully saturated rings. The van der Waals surface area contributed by atoms with Crippen LogP contribution in [0.15, 0.2) is 54.0 Å². The van der Waals surface area contributed by atoms with Crippen LogP contribution in [0.3, 0.4) is 0 Å². The molecule has 4 heterocycles. The first-order valence-electron chi connectivity index (χ1n) is 10.3. The summed E-state index contributed by atoms with van der Waals surface area (Å²) in [5.41, 5.74) is 5.82. The number of aromatic nitrogens is 4. The van der Waals surface area contributed by atoms with Crippen molar-refractivity contribution in [2.45, 2.75) is 13.3 Å². The molecule has 5 aromatic rings. The van der Waals surface area contributed by atoms with Crippen LogP contribution in [0.2, 0.25) is 0 Å². The highest BCUT2D eigenvalue weighted by Crippen LogP contribution is 2.33. The molecule has 0 radical (unpaired) electrons. The summed E-state index contributed by atoms with van der Waals surface area (Å²) in [5.74, 6) is 1.34. The van der Waals surface area contributed by atoms with Crippen LogP contribution in [-0.2, 0) is 11.2 Å². The second kappa shape index (κ2) is 7.31. The summed E-state index contributed by atoms with van der Waals surface area (Å²) >= 11 is 1.60. The molecule has 3 aromatic heterocycles. The van der Waals surface area contributed by atoms with Crippen molar-refractivity contribution < 1.29 is 4.79 Å². The SMILES string of the molecule is CC(=O)N1CCc2cc(Nc3nc(Nc4ccc5[nH]ncc5c4)c4sccc4n3)ccc21. The third kappa shape index (κ3) is 3.23. The largest absolute Gasteiger partial charge is 0.339 e. The Morgan fingerprint density at radius 1 is 1.09 bits per heavy atom. The van der Waals surface area contributed by atoms with Gasteiger partial charge in [0.25, 0.3) is 0 Å². The first kappa shape index (κ1) is 18.8. The third-order valence-corrected chi connectivity index (χ3v) is 6.53. The predicted molar refractivity (Wildman–Crippen MR) is 128 cm³/mol. The van der Waals surface area contributed by atoms with Gasteiger partial charge < -0.3 is 15.5 Å². The van der Waals surface area contributed by atoms with Crippen molar-refractivity contribution in [3.63, 3.8) is 0 Å². The number of aromatic amines is 1. The van der Waals surface area contributed by atoms with E-state index in [2.05, 4.69) is 31.9 Å². The number of amides is 1. The number of thiophene rings is 1. The van der Waals surface area contributed by atoms with Gasteiger partial charge >= 0.3 is 0 Å². The molecule has 1 aliphatic rings. The fourth-order valence-corrected chi connectivity index (χ4v) is 4.87. The van der Waals surface area contributed by atoms with Crippen LogP contribution >= 0.6 is 11.3 Å². The van der Waals surface area contributed by atoms with E-state index in [4.69, 9.17) is 4.98 Å². The minimum absolute atomic E-state index is 0.0695. The Bertz CT molecular complexity index is 1490. The van der Waals surface area contributed by atoms with Gasteiger partial charge in [-0.1, -0.05) is 0 Å². The summed E-state index contributed by atoms with van der Waals surface area (Å²) in [6, 6.07) is 14.0. The van der Waals surface area contributed by atoms with Gasteiger partial charge in [0.05, 0.1) is 21.9 Å². The lowest BCUT2D eigenvalue weighted by molar-refractivity contribution is -0.116. The number of rotatable bonds is 4. The number of anilines is 5. The van der Waals surface area contributed by atoms with E-state index in [0.29, 0.717) is 5.95 Å². The highest BCUT2D eigenvalue weighted by Gasteiger charge is 2.22. The molecule has 0 unspecified atom stereocenters. The van der Waals surface area contributed by atoms with Crippen LogP contribution in [0.1, 0.15) is 12.5 Å². The molecule has 1 aliphatic heterocycles. The van der Waals surface area contributed by atoms with Gasteiger partial charge in [0.15, 0.2) is 5.82 Å². The lowest BCUT2D eigenvalue weighted by Gasteiger charge is -2.15. The normalized spacial score (nSPS) is 13.0. The molecule has 32 heavy (non-hydrogen) atoms. The smallest absolute Gasteiger partial charge is 0.229 e. The highest BCUT2D eigenvalue weighted by molar-refractivity contribution is 7.17. The summed E-state index contributed by atoms with van der Waals surface area (Å²) in [6.07, 6.45) is 2.65. The summed E-state index contributed by atoms with van der Waals surface area (Å²) < 4.78 is 0.994. The average molecular weight is 442 g/mol. The Balaban J connectivity index is 1.32. The van der Waals surface area contributed by atoms with Crippen LogP contribution in [-0.4, -0.2) is 32.6 Å². The maximum atomic E-state index is 11.8. The van der Waals surface area contributed by atoms with E-state index in [9.17, 15) is 4.79 Å². The van der Waals surface area contributed by atoms with E-state index in [-0.39, 0.29) is 5.91 Å². The van der Waals surface area contributed by atoms with Crippen molar-refractivity contribution in [3.05, 3.63) is 59.6 Å². The number of nitrogens with one attached hydrogen (secondary N) is 3. The molecule has 0 saturated heterocycles. The van der Waals surface area contributed by atoms with Gasteiger partial charge in [-0.3, -0.25) is 9.89 Å². The van der Waals surface area contributed by atoms with Crippen molar-refractivity contribution in [3.8, 4) is 0 Å². The van der Waals surface area contributed by atoms with Gasteiger partial charge in [0, 0.05) is 35.9 Å². The van der Waals surface area contributed by atoms with Crippen molar-refractivity contribution in [2.75, 3.05) is 22.1 Å². The zero-order valence-corrected chi connectivity index (χ0v) is 18.0. The second-order valence-corrected chi connectivity index (χ2v) is 8.63. The zero-order chi connectivity index (χ0) is 21.7. The van der Waals surface area contributed by atoms with Gasteiger partial charge in [-0.2, -0.15) is 10.1 Å². The monoisotopic (exact) mass is 441 g/mol. The Hall–Kier alpha value is -3.98. The van der Waals surface area contributed by atoms with Gasteiger partial charge in [0.2, 0.25) is 11.9 Å². The van der Waals surface area contributed by atoms with Crippen molar-refractivity contribution >= 4 is 67.2 Å². The van der Waals surface area contributed by atoms with Crippen LogP contribution in [0, 0.1) is 0 Å². The molecule has 3 N–H and O–H groups in total. The van der Waals surface area contributed by atoms with Crippen molar-refractivity contribution in [2.24, 2.45) is 0 Å². The first-order valence-corrected chi connectivity index (χ1v) is 11.2. The van der Waals surface area contributed by atoms with Gasteiger partial charge in [-0.25, -0.2) is 4.98 Å². The standard InChI is InChI=1S/C23H19N7OS/c1-13(31)30-8-6-14-10-17(3-5-20(14)30)26-23-27-19-7-9-32-21(19)22(28-23)25-16-2-4-18-15(11-16)12-24-29-18/h2-5,7,9-12H,6,8H2,1H3,(H,24,29)(H2,25,26,27,28). The molecule has 1 amide bonds. The fourth-order valence-electron chi connectivity index (χ4n) is 4.10. The van der Waals surface area contributed by atoms with Crippen molar-refractivity contribution in [1.82, 2.24) is 20.2 Å². The van der Waals surface area contributed by atoms with Crippen molar-refractivity contribution in [1.29, 1.82) is 0 Å². The highest BCUT2D eigenvalue weighted by atomic mass is 32.1. The van der Waals surface area contributed by atoms with Gasteiger partial charge in [-0.15, -0.1) is 11.3 Å². The van der Waals surface area contributed by atoms with Gasteiger partial charge in [0.1, 0.15) is 0 Å². The Morgan fingerprint density at radius 2 is 1.97 bits per heavy atom. The zero-order valence-electron chi connectivity index (χ0n) is 17.2. The van der Waals surface area contributed by atoms with E-state index in [1.54, 1.807) is 24.5 Å². The molecular weight excluding hydrogens is 422 g/mol. The van der Waals surface area contributed by atoms with Crippen LogP contribution in [0.4, 0.5) is 28.8 Å². The number of hydrogen-bond donors (Lipinski definition) is 3. The third-order valence-electron chi connectivity index (χ3n) is 5.62. The number of fused-ring (bicyclic) bond motifs is 3. The predicted octanol–water partition coefficient (Wildman–Crippen LogP) is 4.96. The van der Waals surface area contributed by atoms with E-state index in [1.807, 2.05) is 46.7 Å². The molecule has 6 rings (SSSR count). The second-order valence-electron chi connectivity index (χ2n) is 7.72. The summed E-state index contributed by atoms with van der Waals surface area (Å²) in [6.45, 7) is 2.32. The number of carbonyl (C=O) groups is 1. The maximum absolute atomic E-state index is 11.8. The van der Waals surface area contributed by atoms with E-state index >= 15 is 0 Å². The van der Waals surface area contributed by atoms with Gasteiger partial charge in [-0.05, 0) is 59.8 Å². The Labute approximate surface area is 187 Å². The molecule has 158 valence electrons. The van der Waals surface area contributed by atoms with Crippen LogP contribution in [0.5, 0.6) is 0 Å². The molecule has 9 heteroatoms. The minimum Gasteiger partial charge on any atom is -0.339 e. The summed E-state index contributed by atoms with van der Waals surface area (Å²) in [5, 5.41) is 16.9. The van der Waals surface area contributed by atoms with Crippen LogP contribution < -0.4 is 15.5 Å². The molecule has 0 saturated carbocycles. The molecule has 8 nitrogen and oxygen atoms in total. The fraction of sp³-hybridized carbons (Fsp3) is 0.130. The topological polar surface area (TPSA) is 98.8 Å². The quantitative estimate of drug-likeness (QED) is 0.364. The Morgan fingerprint density at radius 3 is 2.88 bits per heavy atom. The van der Waals surface area contributed by atoms with E-state index in [0.717, 1.165) is 62.5 Å². The lowest BCUT2D eigenvalue weighted by Crippen LogP contribution is -2.25. The lowest BCUT2D eigenvalue weighted by atomic mass is 10.1. The molecule has 0 aliphatic carbocycles. The minimum atomic E-state index is 0.0695. The number of H-pyrrole nitrogens is 1. The average Bonchev–Trinajstić information content (AvgIpc) is 3.52. The summed E-state index contributed by atoms with van der Waals surface area (Å²) in [4.78, 5) is 23.1. The van der Waals surface area contributed by atoms with E-state index < -0.39 is 0 Å². The van der Waals surface area contributed by atoms with Crippen LogP contribution in [0.25, 0.3) is 21.1 Å². The molecular formula is C23H19N7OS. The number of hydrogen-bond acceptors (Lipinski definition) is 7. The number of nitrogens with zero attached hydrogens (tertiary/aromatic N) is 4. The first-order chi connectivity index (χ1) is 15.6. The number of carbonyl (C=O) groups excluding carboxylic acids is 1. The maximum Gasteiger partial charge on any atom is 0.229 e.